The molecule has 0 aliphatic heterocycles. The van der Waals surface area contributed by atoms with Crippen LogP contribution in [0.1, 0.15) is 38.5 Å². The Balaban J connectivity index is 3.10. The summed E-state index contributed by atoms with van der Waals surface area (Å²) < 4.78 is 0. The maximum atomic E-state index is 3.82. The Morgan fingerprint density at radius 3 is 2.31 bits per heavy atom. The van der Waals surface area contributed by atoms with E-state index in [-0.39, 0.29) is 0 Å². The van der Waals surface area contributed by atoms with E-state index in [4.69, 9.17) is 0 Å². The molecule has 0 saturated heterocycles. The molecule has 13 heavy (non-hydrogen) atoms. The van der Waals surface area contributed by atoms with Gasteiger partial charge in [-0.15, -0.1) is 0 Å². The fourth-order valence-electron chi connectivity index (χ4n) is 1.11. The Labute approximate surface area is 83.0 Å². The van der Waals surface area contributed by atoms with Crippen LogP contribution in [0.3, 0.4) is 0 Å². The van der Waals surface area contributed by atoms with E-state index < -0.39 is 0 Å². The molecule has 0 spiro atoms. The molecule has 0 heteroatoms. The normalized spacial score (nSPS) is 11.5. The fourth-order valence-corrected chi connectivity index (χ4v) is 1.11. The van der Waals surface area contributed by atoms with Gasteiger partial charge in [0.05, 0.1) is 0 Å². The molecule has 0 fully saturated rings. The van der Waals surface area contributed by atoms with Crippen LogP contribution in [0, 0.1) is 6.92 Å². The van der Waals surface area contributed by atoms with Gasteiger partial charge in [0.15, 0.2) is 0 Å². The molecule has 0 bridgehead atoms. The van der Waals surface area contributed by atoms with Gasteiger partial charge < -0.3 is 0 Å². The van der Waals surface area contributed by atoms with Crippen molar-refractivity contribution in [3.8, 4) is 0 Å². The van der Waals surface area contributed by atoms with Crippen LogP contribution in [-0.4, -0.2) is 0 Å². The molecule has 73 valence electrons. The Morgan fingerprint density at radius 2 is 1.62 bits per heavy atom. The molecule has 0 aromatic rings. The highest BCUT2D eigenvalue weighted by Gasteiger charge is 1.85. The summed E-state index contributed by atoms with van der Waals surface area (Å²) >= 11 is 0. The molecular weight excluding hydrogens is 156 g/mol. The second-order valence-electron chi connectivity index (χ2n) is 3.11. The molecule has 0 aliphatic rings. The van der Waals surface area contributed by atoms with E-state index in [0.717, 1.165) is 6.42 Å². The summed E-state index contributed by atoms with van der Waals surface area (Å²) in [6, 6.07) is 0. The van der Waals surface area contributed by atoms with Gasteiger partial charge in [0.25, 0.3) is 0 Å². The van der Waals surface area contributed by atoms with Crippen molar-refractivity contribution in [3.63, 3.8) is 0 Å². The number of unbranched alkanes of at least 4 members (excludes halogenated alkanes) is 5. The van der Waals surface area contributed by atoms with Crippen LogP contribution < -0.4 is 0 Å². The Hall–Kier alpha value is -0.780. The lowest BCUT2D eigenvalue weighted by Crippen LogP contribution is -1.75. The van der Waals surface area contributed by atoms with Crippen LogP contribution in [0.15, 0.2) is 37.0 Å². The molecule has 0 aliphatic carbocycles. The van der Waals surface area contributed by atoms with Gasteiger partial charge in [0.2, 0.25) is 0 Å². The van der Waals surface area contributed by atoms with Gasteiger partial charge in [-0.2, -0.15) is 0 Å². The number of hydrogen-bond donors (Lipinski definition) is 0. The number of allylic oxidation sites excluding steroid dienone is 5. The van der Waals surface area contributed by atoms with E-state index in [1.165, 1.54) is 32.1 Å². The molecule has 0 unspecified atom stereocenters. The molecule has 0 aromatic heterocycles. The highest BCUT2D eigenvalue weighted by atomic mass is 13.9. The Bertz CT molecular complexity index is 151. The van der Waals surface area contributed by atoms with E-state index in [0.29, 0.717) is 0 Å². The average Bonchev–Trinajstić information content (AvgIpc) is 2.16. The van der Waals surface area contributed by atoms with Crippen LogP contribution in [0.4, 0.5) is 0 Å². The summed E-state index contributed by atoms with van der Waals surface area (Å²) in [5, 5.41) is 0. The summed E-state index contributed by atoms with van der Waals surface area (Å²) in [5.41, 5.74) is 0. The third-order valence-electron chi connectivity index (χ3n) is 1.87. The van der Waals surface area contributed by atoms with E-state index >= 15 is 0 Å². The molecule has 0 atom stereocenters. The van der Waals surface area contributed by atoms with E-state index in [1.807, 2.05) is 12.2 Å². The predicted molar refractivity (Wildman–Crippen MR) is 61.5 cm³/mol. The van der Waals surface area contributed by atoms with Gasteiger partial charge in [-0.25, -0.2) is 0 Å². The standard InChI is InChI=1S/C13H21/c1-3-5-7-9-11-13-12-10-8-6-4-2/h3,5,7,9,11H,1-2,4,6,8,10,12-13H2/b7-5+,11-9+. The first-order valence-electron chi connectivity index (χ1n) is 5.15. The molecule has 0 saturated carbocycles. The van der Waals surface area contributed by atoms with Gasteiger partial charge in [0, 0.05) is 0 Å². The lowest BCUT2D eigenvalue weighted by Gasteiger charge is -1.95. The SMILES string of the molecule is [CH2]CCCCCC/C=C/C=C/C=C. The first-order valence-corrected chi connectivity index (χ1v) is 5.15. The number of hydrogen-bond acceptors (Lipinski definition) is 0. The van der Waals surface area contributed by atoms with Crippen molar-refractivity contribution >= 4 is 0 Å². The summed E-state index contributed by atoms with van der Waals surface area (Å²) in [6.07, 6.45) is 17.6. The van der Waals surface area contributed by atoms with Crippen LogP contribution in [-0.2, 0) is 0 Å². The van der Waals surface area contributed by atoms with E-state index in [9.17, 15) is 0 Å². The summed E-state index contributed by atoms with van der Waals surface area (Å²) in [7, 11) is 0. The lowest BCUT2D eigenvalue weighted by molar-refractivity contribution is 0.651. The van der Waals surface area contributed by atoms with Crippen molar-refractivity contribution in [1.29, 1.82) is 0 Å². The zero-order valence-corrected chi connectivity index (χ0v) is 8.54. The highest BCUT2D eigenvalue weighted by Crippen LogP contribution is 2.04. The fraction of sp³-hybridized carbons (Fsp3) is 0.462. The van der Waals surface area contributed by atoms with Gasteiger partial charge in [-0.1, -0.05) is 69.6 Å². The number of rotatable bonds is 8. The summed E-state index contributed by atoms with van der Waals surface area (Å²) in [5.74, 6) is 0. The second-order valence-corrected chi connectivity index (χ2v) is 3.11. The largest absolute Gasteiger partial charge is 0.0991 e. The van der Waals surface area contributed by atoms with E-state index in [1.54, 1.807) is 6.08 Å². The first kappa shape index (κ1) is 12.2. The minimum Gasteiger partial charge on any atom is -0.0991 e. The second kappa shape index (κ2) is 11.2. The van der Waals surface area contributed by atoms with Crippen LogP contribution >= 0.6 is 0 Å². The van der Waals surface area contributed by atoms with Gasteiger partial charge in [0.1, 0.15) is 0 Å². The Kier molecular flexibility index (Phi) is 10.5. The zero-order valence-electron chi connectivity index (χ0n) is 8.54. The van der Waals surface area contributed by atoms with Crippen LogP contribution in [0.5, 0.6) is 0 Å². The van der Waals surface area contributed by atoms with Crippen LogP contribution in [0.25, 0.3) is 0 Å². The van der Waals surface area contributed by atoms with Crippen molar-refractivity contribution in [2.45, 2.75) is 38.5 Å². The molecular formula is C13H21. The van der Waals surface area contributed by atoms with Crippen molar-refractivity contribution in [2.24, 2.45) is 0 Å². The predicted octanol–water partition coefficient (Wildman–Crippen LogP) is 4.46. The third kappa shape index (κ3) is 11.2. The topological polar surface area (TPSA) is 0 Å². The third-order valence-corrected chi connectivity index (χ3v) is 1.87. The van der Waals surface area contributed by atoms with Crippen molar-refractivity contribution < 1.29 is 0 Å². The van der Waals surface area contributed by atoms with Gasteiger partial charge in [-0.3, -0.25) is 0 Å². The molecule has 0 nitrogen and oxygen atoms in total. The average molecular weight is 177 g/mol. The zero-order chi connectivity index (χ0) is 9.78. The molecule has 1 radical (unpaired) electrons. The van der Waals surface area contributed by atoms with Crippen molar-refractivity contribution in [3.05, 3.63) is 43.9 Å². The molecule has 0 aromatic carbocycles. The summed E-state index contributed by atoms with van der Waals surface area (Å²) in [6.45, 7) is 7.42. The highest BCUT2D eigenvalue weighted by molar-refractivity contribution is 5.08. The van der Waals surface area contributed by atoms with Crippen molar-refractivity contribution in [1.82, 2.24) is 0 Å². The molecule has 0 amide bonds. The Morgan fingerprint density at radius 1 is 0.846 bits per heavy atom. The van der Waals surface area contributed by atoms with Crippen molar-refractivity contribution in [2.75, 3.05) is 0 Å². The maximum absolute atomic E-state index is 3.82. The van der Waals surface area contributed by atoms with Crippen LogP contribution in [0.2, 0.25) is 0 Å². The maximum Gasteiger partial charge on any atom is -0.0348 e. The van der Waals surface area contributed by atoms with E-state index in [2.05, 4.69) is 25.7 Å². The molecule has 0 heterocycles. The summed E-state index contributed by atoms with van der Waals surface area (Å²) in [4.78, 5) is 0. The van der Waals surface area contributed by atoms with Gasteiger partial charge >= 0.3 is 0 Å². The molecule has 0 rings (SSSR count). The minimum absolute atomic E-state index is 1.08. The van der Waals surface area contributed by atoms with Gasteiger partial charge in [-0.05, 0) is 12.8 Å². The first-order chi connectivity index (χ1) is 6.41. The minimum atomic E-state index is 1.08. The smallest absolute Gasteiger partial charge is 0.0348 e. The molecule has 0 N–H and O–H groups in total. The quantitative estimate of drug-likeness (QED) is 0.379. The lowest BCUT2D eigenvalue weighted by atomic mass is 10.1. The monoisotopic (exact) mass is 177 g/mol.